The van der Waals surface area contributed by atoms with Crippen molar-refractivity contribution < 1.29 is 19.1 Å². The zero-order valence-electron chi connectivity index (χ0n) is 13.9. The SMILES string of the molecule is COC(=O)c1nn(C)c2c1CCN(C(=O)c1ccc(OC)cc1)C2. The molecule has 0 spiro atoms. The summed E-state index contributed by atoms with van der Waals surface area (Å²) in [6.45, 7) is 0.953. The number of hydrogen-bond acceptors (Lipinski definition) is 5. The highest BCUT2D eigenvalue weighted by atomic mass is 16.5. The molecule has 7 nitrogen and oxygen atoms in total. The van der Waals surface area contributed by atoms with E-state index in [4.69, 9.17) is 9.47 Å². The first kappa shape index (κ1) is 16.0. The van der Waals surface area contributed by atoms with E-state index < -0.39 is 5.97 Å². The van der Waals surface area contributed by atoms with Gasteiger partial charge in [0.05, 0.1) is 26.5 Å². The van der Waals surface area contributed by atoms with Crippen LogP contribution < -0.4 is 4.74 Å². The lowest BCUT2D eigenvalue weighted by Gasteiger charge is -2.27. The number of nitrogens with zero attached hydrogens (tertiary/aromatic N) is 3. The molecule has 3 rings (SSSR count). The Kier molecular flexibility index (Phi) is 4.24. The van der Waals surface area contributed by atoms with Crippen LogP contribution >= 0.6 is 0 Å². The summed E-state index contributed by atoms with van der Waals surface area (Å²) < 4.78 is 11.5. The van der Waals surface area contributed by atoms with Gasteiger partial charge in [-0.15, -0.1) is 0 Å². The van der Waals surface area contributed by atoms with Gasteiger partial charge in [-0.05, 0) is 30.7 Å². The minimum Gasteiger partial charge on any atom is -0.497 e. The molecule has 1 amide bonds. The molecule has 2 aromatic rings. The third kappa shape index (κ3) is 2.73. The number of aromatic nitrogens is 2. The summed E-state index contributed by atoms with van der Waals surface area (Å²) in [6, 6.07) is 7.03. The second-order valence-electron chi connectivity index (χ2n) is 5.59. The van der Waals surface area contributed by atoms with Gasteiger partial charge in [0.2, 0.25) is 0 Å². The Morgan fingerprint density at radius 3 is 2.50 bits per heavy atom. The van der Waals surface area contributed by atoms with E-state index >= 15 is 0 Å². The largest absolute Gasteiger partial charge is 0.497 e. The van der Waals surface area contributed by atoms with E-state index in [1.165, 1.54) is 7.11 Å². The summed E-state index contributed by atoms with van der Waals surface area (Å²) in [4.78, 5) is 26.2. The summed E-state index contributed by atoms with van der Waals surface area (Å²) in [5.41, 5.74) is 2.67. The van der Waals surface area contributed by atoms with Gasteiger partial charge in [-0.25, -0.2) is 4.79 Å². The maximum atomic E-state index is 12.7. The molecule has 126 valence electrons. The van der Waals surface area contributed by atoms with E-state index in [1.807, 2.05) is 0 Å². The average Bonchev–Trinajstić information content (AvgIpc) is 2.96. The summed E-state index contributed by atoms with van der Waals surface area (Å²) in [6.07, 6.45) is 0.579. The molecule has 1 aliphatic heterocycles. The van der Waals surface area contributed by atoms with E-state index in [0.29, 0.717) is 36.5 Å². The molecule has 0 atom stereocenters. The summed E-state index contributed by atoms with van der Waals surface area (Å²) >= 11 is 0. The molecule has 0 saturated heterocycles. The van der Waals surface area contributed by atoms with Crippen LogP contribution in [0.25, 0.3) is 0 Å². The number of benzene rings is 1. The summed E-state index contributed by atoms with van der Waals surface area (Å²) in [5, 5.41) is 4.24. The standard InChI is InChI=1S/C17H19N3O4/c1-19-14-10-20(9-8-13(14)15(18-19)17(22)24-3)16(21)11-4-6-12(23-2)7-5-11/h4-7H,8-10H2,1-3H3. The maximum absolute atomic E-state index is 12.7. The van der Waals surface area contributed by atoms with Crippen LogP contribution in [0, 0.1) is 0 Å². The van der Waals surface area contributed by atoms with E-state index in [0.717, 1.165) is 11.3 Å². The smallest absolute Gasteiger partial charge is 0.358 e. The zero-order valence-corrected chi connectivity index (χ0v) is 13.9. The summed E-state index contributed by atoms with van der Waals surface area (Å²) in [7, 11) is 4.70. The molecule has 0 saturated carbocycles. The molecular weight excluding hydrogens is 310 g/mol. The molecule has 24 heavy (non-hydrogen) atoms. The van der Waals surface area contributed by atoms with Gasteiger partial charge >= 0.3 is 5.97 Å². The lowest BCUT2D eigenvalue weighted by atomic mass is 10.0. The number of rotatable bonds is 3. The highest BCUT2D eigenvalue weighted by molar-refractivity contribution is 5.94. The molecule has 1 aliphatic rings. The highest BCUT2D eigenvalue weighted by Gasteiger charge is 2.29. The van der Waals surface area contributed by atoms with Crippen molar-refractivity contribution in [1.29, 1.82) is 0 Å². The topological polar surface area (TPSA) is 73.7 Å². The van der Waals surface area contributed by atoms with Gasteiger partial charge < -0.3 is 14.4 Å². The number of carbonyl (C=O) groups is 2. The Morgan fingerprint density at radius 1 is 1.17 bits per heavy atom. The van der Waals surface area contributed by atoms with Gasteiger partial charge in [0.25, 0.3) is 5.91 Å². The van der Waals surface area contributed by atoms with Crippen molar-refractivity contribution in [2.75, 3.05) is 20.8 Å². The maximum Gasteiger partial charge on any atom is 0.358 e. The van der Waals surface area contributed by atoms with E-state index in [1.54, 1.807) is 48.0 Å². The van der Waals surface area contributed by atoms with Gasteiger partial charge in [0.15, 0.2) is 5.69 Å². The Morgan fingerprint density at radius 2 is 1.88 bits per heavy atom. The van der Waals surface area contributed by atoms with E-state index in [9.17, 15) is 9.59 Å². The molecule has 2 heterocycles. The van der Waals surface area contributed by atoms with Crippen molar-refractivity contribution in [2.24, 2.45) is 7.05 Å². The lowest BCUT2D eigenvalue weighted by Crippen LogP contribution is -2.36. The van der Waals surface area contributed by atoms with Crippen molar-refractivity contribution in [2.45, 2.75) is 13.0 Å². The van der Waals surface area contributed by atoms with Crippen LogP contribution in [-0.2, 0) is 24.8 Å². The Balaban J connectivity index is 1.83. The second kappa shape index (κ2) is 6.35. The third-order valence-corrected chi connectivity index (χ3v) is 4.25. The van der Waals surface area contributed by atoms with Gasteiger partial charge in [0, 0.05) is 24.7 Å². The summed E-state index contributed by atoms with van der Waals surface area (Å²) in [5.74, 6) is 0.215. The van der Waals surface area contributed by atoms with Crippen molar-refractivity contribution >= 4 is 11.9 Å². The first-order chi connectivity index (χ1) is 11.5. The number of aryl methyl sites for hydroxylation is 1. The number of esters is 1. The molecular formula is C17H19N3O4. The Hall–Kier alpha value is -2.83. The monoisotopic (exact) mass is 329 g/mol. The quantitative estimate of drug-likeness (QED) is 0.796. The van der Waals surface area contributed by atoms with Crippen LogP contribution in [0.2, 0.25) is 0 Å². The number of methoxy groups -OCH3 is 2. The van der Waals surface area contributed by atoms with Crippen LogP contribution in [0.5, 0.6) is 5.75 Å². The molecule has 0 radical (unpaired) electrons. The van der Waals surface area contributed by atoms with Crippen LogP contribution in [0.1, 0.15) is 32.1 Å². The molecule has 0 bridgehead atoms. The van der Waals surface area contributed by atoms with Crippen LogP contribution in [-0.4, -0.2) is 47.3 Å². The number of fused-ring (bicyclic) bond motifs is 1. The number of carbonyl (C=O) groups excluding carboxylic acids is 2. The van der Waals surface area contributed by atoms with Gasteiger partial charge in [0.1, 0.15) is 5.75 Å². The Bertz CT molecular complexity index is 780. The fourth-order valence-corrected chi connectivity index (χ4v) is 2.92. The Labute approximate surface area is 139 Å². The molecule has 7 heteroatoms. The molecule has 0 fully saturated rings. The zero-order chi connectivity index (χ0) is 17.3. The fraction of sp³-hybridized carbons (Fsp3) is 0.353. The third-order valence-electron chi connectivity index (χ3n) is 4.25. The minimum absolute atomic E-state index is 0.0517. The number of hydrogen-bond donors (Lipinski definition) is 0. The molecule has 0 aliphatic carbocycles. The van der Waals surface area contributed by atoms with Crippen molar-refractivity contribution in [3.63, 3.8) is 0 Å². The van der Waals surface area contributed by atoms with E-state index in [-0.39, 0.29) is 5.91 Å². The van der Waals surface area contributed by atoms with Crippen LogP contribution in [0.4, 0.5) is 0 Å². The first-order valence-corrected chi connectivity index (χ1v) is 7.61. The van der Waals surface area contributed by atoms with Gasteiger partial charge in [-0.2, -0.15) is 5.10 Å². The van der Waals surface area contributed by atoms with Crippen molar-refractivity contribution in [3.05, 3.63) is 46.8 Å². The average molecular weight is 329 g/mol. The lowest BCUT2D eigenvalue weighted by molar-refractivity contribution is 0.0591. The van der Waals surface area contributed by atoms with Crippen LogP contribution in [0.15, 0.2) is 24.3 Å². The second-order valence-corrected chi connectivity index (χ2v) is 5.59. The number of amides is 1. The predicted octanol–water partition coefficient (Wildman–Crippen LogP) is 1.41. The molecule has 0 unspecified atom stereocenters. The molecule has 1 aromatic heterocycles. The first-order valence-electron chi connectivity index (χ1n) is 7.61. The normalized spacial score (nSPS) is 13.4. The fourth-order valence-electron chi connectivity index (χ4n) is 2.92. The molecule has 0 N–H and O–H groups in total. The molecule has 1 aromatic carbocycles. The van der Waals surface area contributed by atoms with Gasteiger partial charge in [-0.3, -0.25) is 9.48 Å². The van der Waals surface area contributed by atoms with Gasteiger partial charge in [-0.1, -0.05) is 0 Å². The van der Waals surface area contributed by atoms with Crippen LogP contribution in [0.3, 0.4) is 0 Å². The highest BCUT2D eigenvalue weighted by Crippen LogP contribution is 2.24. The number of ether oxygens (including phenoxy) is 2. The minimum atomic E-state index is -0.443. The van der Waals surface area contributed by atoms with Crippen molar-refractivity contribution in [1.82, 2.24) is 14.7 Å². The van der Waals surface area contributed by atoms with E-state index in [2.05, 4.69) is 5.10 Å². The predicted molar refractivity (Wildman–Crippen MR) is 86.0 cm³/mol. The van der Waals surface area contributed by atoms with Crippen molar-refractivity contribution in [3.8, 4) is 5.75 Å².